The summed E-state index contributed by atoms with van der Waals surface area (Å²) in [5.41, 5.74) is -0.174. The fourth-order valence-corrected chi connectivity index (χ4v) is 2.50. The van der Waals surface area contributed by atoms with Crippen molar-refractivity contribution in [1.29, 1.82) is 0 Å². The number of hydrogen-bond acceptors (Lipinski definition) is 5. The standard InChI is InChI=1S/C15H15F2N3O3/c16-10-3-9(4-11(17)5-10)8-23-14-6-13-18-12(1-2-21)7-20(13)15(22)19-14/h3-6,12,18,21H,1-2,7-8H2. The molecular formula is C15H15F2N3O3. The third-order valence-electron chi connectivity index (χ3n) is 3.53. The molecule has 23 heavy (non-hydrogen) atoms. The van der Waals surface area contributed by atoms with Crippen LogP contribution in [0.25, 0.3) is 0 Å². The molecule has 2 aromatic rings. The lowest BCUT2D eigenvalue weighted by atomic mass is 10.2. The molecule has 1 atom stereocenters. The highest BCUT2D eigenvalue weighted by Gasteiger charge is 2.22. The summed E-state index contributed by atoms with van der Waals surface area (Å²) in [5, 5.41) is 12.1. The number of nitrogens with zero attached hydrogens (tertiary/aromatic N) is 2. The van der Waals surface area contributed by atoms with Gasteiger partial charge in [0.1, 0.15) is 24.1 Å². The van der Waals surface area contributed by atoms with Crippen LogP contribution in [0.4, 0.5) is 14.6 Å². The number of fused-ring (bicyclic) bond motifs is 1. The Balaban J connectivity index is 1.74. The van der Waals surface area contributed by atoms with E-state index >= 15 is 0 Å². The molecule has 1 aliphatic rings. The third-order valence-corrected chi connectivity index (χ3v) is 3.53. The van der Waals surface area contributed by atoms with Gasteiger partial charge >= 0.3 is 5.69 Å². The van der Waals surface area contributed by atoms with Gasteiger partial charge in [-0.2, -0.15) is 4.98 Å². The van der Waals surface area contributed by atoms with E-state index in [1.165, 1.54) is 4.57 Å². The predicted molar refractivity (Wildman–Crippen MR) is 78.3 cm³/mol. The number of anilines is 1. The van der Waals surface area contributed by atoms with E-state index in [0.717, 1.165) is 18.2 Å². The van der Waals surface area contributed by atoms with Gasteiger partial charge in [0.25, 0.3) is 0 Å². The van der Waals surface area contributed by atoms with E-state index in [9.17, 15) is 13.6 Å². The van der Waals surface area contributed by atoms with Crippen LogP contribution in [0.1, 0.15) is 12.0 Å². The molecule has 0 fully saturated rings. The molecule has 0 saturated heterocycles. The second kappa shape index (κ2) is 6.33. The van der Waals surface area contributed by atoms with Crippen LogP contribution in [0.3, 0.4) is 0 Å². The lowest BCUT2D eigenvalue weighted by molar-refractivity contribution is 0.277. The summed E-state index contributed by atoms with van der Waals surface area (Å²) in [4.78, 5) is 15.7. The first-order chi connectivity index (χ1) is 11.0. The molecule has 0 aliphatic carbocycles. The van der Waals surface area contributed by atoms with Crippen LogP contribution in [-0.2, 0) is 13.2 Å². The number of nitrogens with one attached hydrogen (secondary N) is 1. The van der Waals surface area contributed by atoms with Gasteiger partial charge < -0.3 is 15.2 Å². The Morgan fingerprint density at radius 2 is 2.04 bits per heavy atom. The van der Waals surface area contributed by atoms with E-state index < -0.39 is 17.3 Å². The lowest BCUT2D eigenvalue weighted by Crippen LogP contribution is -2.23. The summed E-state index contributed by atoms with van der Waals surface area (Å²) < 4.78 is 33.0. The molecule has 0 radical (unpaired) electrons. The maximum atomic E-state index is 13.1. The van der Waals surface area contributed by atoms with Crippen molar-refractivity contribution in [3.8, 4) is 5.88 Å². The van der Waals surface area contributed by atoms with Crippen LogP contribution < -0.4 is 15.7 Å². The second-order valence-corrected chi connectivity index (χ2v) is 5.29. The van der Waals surface area contributed by atoms with Gasteiger partial charge in [0.2, 0.25) is 5.88 Å². The van der Waals surface area contributed by atoms with Gasteiger partial charge in [0.15, 0.2) is 0 Å². The molecule has 1 aromatic heterocycles. The SMILES string of the molecule is O=c1nc(OCc2cc(F)cc(F)c2)cc2n1CC(CCO)N2. The zero-order valence-electron chi connectivity index (χ0n) is 12.1. The van der Waals surface area contributed by atoms with Gasteiger partial charge in [-0.05, 0) is 24.1 Å². The summed E-state index contributed by atoms with van der Waals surface area (Å²) in [6, 6.07) is 4.59. The highest BCUT2D eigenvalue weighted by atomic mass is 19.1. The van der Waals surface area contributed by atoms with Gasteiger partial charge in [0, 0.05) is 31.3 Å². The topological polar surface area (TPSA) is 76.4 Å². The molecule has 0 spiro atoms. The minimum Gasteiger partial charge on any atom is -0.473 e. The predicted octanol–water partition coefficient (Wildman–Crippen LogP) is 1.28. The van der Waals surface area contributed by atoms with E-state index in [1.54, 1.807) is 6.07 Å². The van der Waals surface area contributed by atoms with Gasteiger partial charge in [-0.1, -0.05) is 0 Å². The normalized spacial score (nSPS) is 16.0. The maximum absolute atomic E-state index is 13.1. The van der Waals surface area contributed by atoms with Crippen LogP contribution in [0, 0.1) is 11.6 Å². The first-order valence-electron chi connectivity index (χ1n) is 7.12. The minimum atomic E-state index is -0.695. The number of rotatable bonds is 5. The fourth-order valence-electron chi connectivity index (χ4n) is 2.50. The van der Waals surface area contributed by atoms with Gasteiger partial charge in [-0.3, -0.25) is 4.57 Å². The molecule has 1 aromatic carbocycles. The number of aliphatic hydroxyl groups is 1. The second-order valence-electron chi connectivity index (χ2n) is 5.29. The fraction of sp³-hybridized carbons (Fsp3) is 0.333. The summed E-state index contributed by atoms with van der Waals surface area (Å²) in [6.07, 6.45) is 0.514. The largest absolute Gasteiger partial charge is 0.473 e. The molecule has 122 valence electrons. The lowest BCUT2D eigenvalue weighted by Gasteiger charge is -2.08. The summed E-state index contributed by atoms with van der Waals surface area (Å²) in [6.45, 7) is 0.337. The first kappa shape index (κ1) is 15.4. The quantitative estimate of drug-likeness (QED) is 0.867. The molecule has 1 aliphatic heterocycles. The van der Waals surface area contributed by atoms with Gasteiger partial charge in [0.05, 0.1) is 0 Å². The molecule has 6 nitrogen and oxygen atoms in total. The molecule has 0 saturated carbocycles. The number of hydrogen-bond donors (Lipinski definition) is 2. The van der Waals surface area contributed by atoms with Crippen molar-refractivity contribution < 1.29 is 18.6 Å². The van der Waals surface area contributed by atoms with E-state index in [2.05, 4.69) is 10.3 Å². The molecule has 2 heterocycles. The molecule has 3 rings (SSSR count). The number of aromatic nitrogens is 2. The van der Waals surface area contributed by atoms with Crippen molar-refractivity contribution in [2.24, 2.45) is 0 Å². The third kappa shape index (κ3) is 3.48. The number of halogens is 2. The molecule has 8 heteroatoms. The smallest absolute Gasteiger partial charge is 0.352 e. The Labute approximate surface area is 130 Å². The Morgan fingerprint density at radius 3 is 2.74 bits per heavy atom. The zero-order chi connectivity index (χ0) is 16.4. The van der Waals surface area contributed by atoms with Crippen LogP contribution in [0.5, 0.6) is 5.88 Å². The number of ether oxygens (including phenoxy) is 1. The molecule has 2 N–H and O–H groups in total. The molecule has 0 amide bonds. The van der Waals surface area contributed by atoms with Crippen molar-refractivity contribution in [3.05, 3.63) is 51.9 Å². The van der Waals surface area contributed by atoms with Crippen LogP contribution >= 0.6 is 0 Å². The molecular weight excluding hydrogens is 308 g/mol. The van der Waals surface area contributed by atoms with Crippen molar-refractivity contribution in [3.63, 3.8) is 0 Å². The molecule has 1 unspecified atom stereocenters. The highest BCUT2D eigenvalue weighted by molar-refractivity contribution is 5.43. The van der Waals surface area contributed by atoms with E-state index in [0.29, 0.717) is 24.3 Å². The van der Waals surface area contributed by atoms with Gasteiger partial charge in [-0.25, -0.2) is 13.6 Å². The van der Waals surface area contributed by atoms with Crippen molar-refractivity contribution in [2.45, 2.75) is 25.6 Å². The Kier molecular flexibility index (Phi) is 4.24. The summed E-state index contributed by atoms with van der Waals surface area (Å²) in [5.74, 6) is -0.773. The summed E-state index contributed by atoms with van der Waals surface area (Å²) in [7, 11) is 0. The highest BCUT2D eigenvalue weighted by Crippen LogP contribution is 2.21. The van der Waals surface area contributed by atoms with Crippen LogP contribution in [-0.4, -0.2) is 27.3 Å². The first-order valence-corrected chi connectivity index (χ1v) is 7.12. The van der Waals surface area contributed by atoms with E-state index in [-0.39, 0.29) is 25.1 Å². The Hall–Kier alpha value is -2.48. The monoisotopic (exact) mass is 323 g/mol. The summed E-state index contributed by atoms with van der Waals surface area (Å²) >= 11 is 0. The number of benzene rings is 1. The minimum absolute atomic E-state index is 0.0162. The molecule has 0 bridgehead atoms. The number of aliphatic hydroxyl groups excluding tert-OH is 1. The Bertz CT molecular complexity index is 759. The van der Waals surface area contributed by atoms with Crippen LogP contribution in [0.2, 0.25) is 0 Å². The van der Waals surface area contributed by atoms with Crippen molar-refractivity contribution >= 4 is 5.82 Å². The zero-order valence-corrected chi connectivity index (χ0v) is 12.1. The Morgan fingerprint density at radius 1 is 1.30 bits per heavy atom. The average molecular weight is 323 g/mol. The van der Waals surface area contributed by atoms with E-state index in [1.807, 2.05) is 0 Å². The maximum Gasteiger partial charge on any atom is 0.352 e. The van der Waals surface area contributed by atoms with E-state index in [4.69, 9.17) is 9.84 Å². The van der Waals surface area contributed by atoms with Gasteiger partial charge in [-0.15, -0.1) is 0 Å². The van der Waals surface area contributed by atoms with Crippen molar-refractivity contribution in [2.75, 3.05) is 11.9 Å². The average Bonchev–Trinajstić information content (AvgIpc) is 2.88. The van der Waals surface area contributed by atoms with Crippen molar-refractivity contribution in [1.82, 2.24) is 9.55 Å². The van der Waals surface area contributed by atoms with Crippen LogP contribution in [0.15, 0.2) is 29.1 Å².